The molecule has 3 rings (SSSR count). The van der Waals surface area contributed by atoms with Crippen molar-refractivity contribution in [1.29, 1.82) is 0 Å². The van der Waals surface area contributed by atoms with Crippen molar-refractivity contribution >= 4 is 5.97 Å². The molecule has 1 saturated heterocycles. The maximum Gasteiger partial charge on any atom is 0.304 e. The lowest BCUT2D eigenvalue weighted by Crippen LogP contribution is -2.39. The number of carboxylic acid groups (broad SMARTS) is 1. The molecule has 1 fully saturated rings. The number of benzene rings is 2. The first-order valence-corrected chi connectivity index (χ1v) is 8.19. The van der Waals surface area contributed by atoms with E-state index in [2.05, 4.69) is 4.90 Å². The molecule has 0 saturated carbocycles. The largest absolute Gasteiger partial charge is 0.481 e. The van der Waals surface area contributed by atoms with E-state index in [0.717, 1.165) is 12.1 Å². The SMILES string of the molecule is O=C(O)CCN1CCOC(c2ccc(Oc3ccc(F)cc3)cc2)C1. The molecule has 6 heteroatoms. The van der Waals surface area contributed by atoms with Crippen LogP contribution >= 0.6 is 0 Å². The van der Waals surface area contributed by atoms with Crippen LogP contribution in [0.15, 0.2) is 48.5 Å². The van der Waals surface area contributed by atoms with E-state index in [-0.39, 0.29) is 18.3 Å². The van der Waals surface area contributed by atoms with Crippen LogP contribution < -0.4 is 4.74 Å². The Hall–Kier alpha value is -2.44. The van der Waals surface area contributed by atoms with Crippen molar-refractivity contribution in [2.75, 3.05) is 26.2 Å². The molecular formula is C19H20FNO4. The molecule has 0 spiro atoms. The summed E-state index contributed by atoms with van der Waals surface area (Å²) in [6.45, 7) is 2.53. The van der Waals surface area contributed by atoms with E-state index in [1.54, 1.807) is 12.1 Å². The van der Waals surface area contributed by atoms with Gasteiger partial charge < -0.3 is 14.6 Å². The second-order valence-electron chi connectivity index (χ2n) is 5.93. The van der Waals surface area contributed by atoms with E-state index in [9.17, 15) is 9.18 Å². The molecule has 0 amide bonds. The fraction of sp³-hybridized carbons (Fsp3) is 0.316. The zero-order valence-corrected chi connectivity index (χ0v) is 13.7. The Labute approximate surface area is 145 Å². The van der Waals surface area contributed by atoms with Gasteiger partial charge in [0, 0.05) is 19.6 Å². The third kappa shape index (κ3) is 5.01. The van der Waals surface area contributed by atoms with Gasteiger partial charge >= 0.3 is 5.97 Å². The summed E-state index contributed by atoms with van der Waals surface area (Å²) in [5.74, 6) is 0.145. The number of ether oxygens (including phenoxy) is 2. The summed E-state index contributed by atoms with van der Waals surface area (Å²) in [6, 6.07) is 13.4. The lowest BCUT2D eigenvalue weighted by molar-refractivity contribution is -0.137. The van der Waals surface area contributed by atoms with Crippen LogP contribution in [0.25, 0.3) is 0 Å². The maximum atomic E-state index is 12.9. The number of rotatable bonds is 6. The summed E-state index contributed by atoms with van der Waals surface area (Å²) >= 11 is 0. The van der Waals surface area contributed by atoms with E-state index in [1.807, 2.05) is 24.3 Å². The van der Waals surface area contributed by atoms with Gasteiger partial charge in [0.15, 0.2) is 0 Å². The second-order valence-corrected chi connectivity index (χ2v) is 5.93. The van der Waals surface area contributed by atoms with Crippen molar-refractivity contribution < 1.29 is 23.8 Å². The van der Waals surface area contributed by atoms with E-state index >= 15 is 0 Å². The first-order chi connectivity index (χ1) is 12.1. The molecule has 1 aliphatic heterocycles. The monoisotopic (exact) mass is 345 g/mol. The normalized spacial score (nSPS) is 18.0. The van der Waals surface area contributed by atoms with Gasteiger partial charge in [-0.2, -0.15) is 0 Å². The number of morpholine rings is 1. The first kappa shape index (κ1) is 17.4. The Morgan fingerprint density at radius 2 is 1.80 bits per heavy atom. The van der Waals surface area contributed by atoms with Gasteiger partial charge in [0.2, 0.25) is 0 Å². The summed E-state index contributed by atoms with van der Waals surface area (Å²) < 4.78 is 24.4. The molecule has 1 heterocycles. The van der Waals surface area contributed by atoms with Gasteiger partial charge in [0.05, 0.1) is 19.1 Å². The van der Waals surface area contributed by atoms with E-state index in [0.29, 0.717) is 31.2 Å². The van der Waals surface area contributed by atoms with Gasteiger partial charge in [0.25, 0.3) is 0 Å². The Morgan fingerprint density at radius 1 is 1.16 bits per heavy atom. The highest BCUT2D eigenvalue weighted by molar-refractivity contribution is 5.66. The molecule has 5 nitrogen and oxygen atoms in total. The molecule has 0 aromatic heterocycles. The standard InChI is InChI=1S/C19H20FNO4/c20-15-3-7-17(8-4-15)25-16-5-1-14(2-6-16)18-13-21(11-12-24-18)10-9-19(22)23/h1-8,18H,9-13H2,(H,22,23). The van der Waals surface area contributed by atoms with Crippen LogP contribution in [0.2, 0.25) is 0 Å². The number of nitrogens with zero attached hydrogens (tertiary/aromatic N) is 1. The van der Waals surface area contributed by atoms with Crippen molar-refractivity contribution in [2.45, 2.75) is 12.5 Å². The number of carboxylic acids is 1. The highest BCUT2D eigenvalue weighted by atomic mass is 19.1. The minimum Gasteiger partial charge on any atom is -0.481 e. The van der Waals surface area contributed by atoms with Gasteiger partial charge in [-0.1, -0.05) is 12.1 Å². The molecule has 2 aromatic carbocycles. The Bertz CT molecular complexity index is 702. The van der Waals surface area contributed by atoms with Gasteiger partial charge in [-0.25, -0.2) is 4.39 Å². The predicted molar refractivity (Wildman–Crippen MR) is 90.3 cm³/mol. The fourth-order valence-corrected chi connectivity index (χ4v) is 2.75. The van der Waals surface area contributed by atoms with Crippen molar-refractivity contribution in [3.63, 3.8) is 0 Å². The number of carbonyl (C=O) groups is 1. The fourth-order valence-electron chi connectivity index (χ4n) is 2.75. The zero-order valence-electron chi connectivity index (χ0n) is 13.7. The molecule has 0 radical (unpaired) electrons. The van der Waals surface area contributed by atoms with Crippen molar-refractivity contribution in [1.82, 2.24) is 4.90 Å². The Morgan fingerprint density at radius 3 is 2.44 bits per heavy atom. The van der Waals surface area contributed by atoms with Crippen LogP contribution in [-0.4, -0.2) is 42.2 Å². The van der Waals surface area contributed by atoms with Crippen molar-refractivity contribution in [3.8, 4) is 11.5 Å². The third-order valence-corrected chi connectivity index (χ3v) is 4.09. The maximum absolute atomic E-state index is 12.9. The van der Waals surface area contributed by atoms with Crippen molar-refractivity contribution in [2.24, 2.45) is 0 Å². The average Bonchev–Trinajstić information content (AvgIpc) is 2.63. The Balaban J connectivity index is 1.59. The first-order valence-electron chi connectivity index (χ1n) is 8.19. The van der Waals surface area contributed by atoms with E-state index < -0.39 is 5.97 Å². The Kier molecular flexibility index (Phi) is 5.63. The second kappa shape index (κ2) is 8.09. The smallest absolute Gasteiger partial charge is 0.304 e. The minimum atomic E-state index is -0.787. The van der Waals surface area contributed by atoms with E-state index in [4.69, 9.17) is 14.6 Å². The molecule has 0 aliphatic carbocycles. The van der Waals surface area contributed by atoms with Crippen LogP contribution in [0.4, 0.5) is 4.39 Å². The summed E-state index contributed by atoms with van der Waals surface area (Å²) in [5.41, 5.74) is 1.02. The molecular weight excluding hydrogens is 325 g/mol. The number of hydrogen-bond donors (Lipinski definition) is 1. The molecule has 1 unspecified atom stereocenters. The van der Waals surface area contributed by atoms with Gasteiger partial charge in [-0.3, -0.25) is 9.69 Å². The molecule has 1 N–H and O–H groups in total. The lowest BCUT2D eigenvalue weighted by atomic mass is 10.1. The van der Waals surface area contributed by atoms with Gasteiger partial charge in [0.1, 0.15) is 17.3 Å². The van der Waals surface area contributed by atoms with Crippen molar-refractivity contribution in [3.05, 3.63) is 59.9 Å². The summed E-state index contributed by atoms with van der Waals surface area (Å²) in [7, 11) is 0. The molecule has 1 atom stereocenters. The predicted octanol–water partition coefficient (Wildman–Crippen LogP) is 3.47. The molecule has 25 heavy (non-hydrogen) atoms. The van der Waals surface area contributed by atoms with Crippen LogP contribution in [0.3, 0.4) is 0 Å². The zero-order chi connectivity index (χ0) is 17.6. The number of hydrogen-bond acceptors (Lipinski definition) is 4. The number of halogens is 1. The van der Waals surface area contributed by atoms with Gasteiger partial charge in [-0.15, -0.1) is 0 Å². The van der Waals surface area contributed by atoms with Crippen LogP contribution in [0.1, 0.15) is 18.1 Å². The van der Waals surface area contributed by atoms with Gasteiger partial charge in [-0.05, 0) is 42.0 Å². The number of aliphatic carboxylic acids is 1. The summed E-state index contributed by atoms with van der Waals surface area (Å²) in [4.78, 5) is 12.8. The van der Waals surface area contributed by atoms with Crippen LogP contribution in [0, 0.1) is 5.82 Å². The quantitative estimate of drug-likeness (QED) is 0.869. The van der Waals surface area contributed by atoms with Crippen LogP contribution in [-0.2, 0) is 9.53 Å². The van der Waals surface area contributed by atoms with E-state index in [1.165, 1.54) is 12.1 Å². The molecule has 0 bridgehead atoms. The summed E-state index contributed by atoms with van der Waals surface area (Å²) in [6.07, 6.45) is 0.0550. The summed E-state index contributed by atoms with van der Waals surface area (Å²) in [5, 5.41) is 8.80. The average molecular weight is 345 g/mol. The van der Waals surface area contributed by atoms with Crippen LogP contribution in [0.5, 0.6) is 11.5 Å². The molecule has 1 aliphatic rings. The third-order valence-electron chi connectivity index (χ3n) is 4.09. The topological polar surface area (TPSA) is 59.0 Å². The highest BCUT2D eigenvalue weighted by Gasteiger charge is 2.22. The highest BCUT2D eigenvalue weighted by Crippen LogP contribution is 2.27. The minimum absolute atomic E-state index is 0.0811. The molecule has 132 valence electrons. The molecule has 2 aromatic rings. The lowest BCUT2D eigenvalue weighted by Gasteiger charge is -2.32.